The zero-order valence-corrected chi connectivity index (χ0v) is 11.8. The number of hydrogen-bond donors (Lipinski definition) is 3. The Hall–Kier alpha value is -1.63. The van der Waals surface area contributed by atoms with Crippen LogP contribution >= 0.6 is 15.9 Å². The van der Waals surface area contributed by atoms with E-state index in [4.69, 9.17) is 5.11 Å². The van der Waals surface area contributed by atoms with Gasteiger partial charge in [0.2, 0.25) is 0 Å². The van der Waals surface area contributed by atoms with Crippen LogP contribution in [0.1, 0.15) is 19.8 Å². The van der Waals surface area contributed by atoms with E-state index in [0.717, 1.165) is 0 Å². The number of anilines is 1. The second kappa shape index (κ2) is 7.08. The highest BCUT2D eigenvalue weighted by atomic mass is 79.9. The highest BCUT2D eigenvalue weighted by Gasteiger charge is 2.19. The minimum Gasteiger partial charge on any atom is -0.480 e. The molecule has 1 rings (SSSR count). The molecule has 0 aliphatic rings. The highest BCUT2D eigenvalue weighted by molar-refractivity contribution is 9.10. The van der Waals surface area contributed by atoms with Crippen molar-refractivity contribution in [2.45, 2.75) is 25.8 Å². The number of hydrogen-bond acceptors (Lipinski definition) is 2. The maximum atomic E-state index is 12.9. The predicted octanol–water partition coefficient (Wildman–Crippen LogP) is 2.96. The molecule has 1 aromatic rings. The molecule has 5 nitrogen and oxygen atoms in total. The van der Waals surface area contributed by atoms with Gasteiger partial charge in [-0.1, -0.05) is 13.3 Å². The van der Waals surface area contributed by atoms with Crippen molar-refractivity contribution in [1.82, 2.24) is 5.32 Å². The average molecular weight is 333 g/mol. The maximum absolute atomic E-state index is 12.9. The summed E-state index contributed by atoms with van der Waals surface area (Å²) in [6, 6.07) is 2.20. The Kier molecular flexibility index (Phi) is 5.75. The summed E-state index contributed by atoms with van der Waals surface area (Å²) in [5.74, 6) is -1.53. The van der Waals surface area contributed by atoms with Crippen molar-refractivity contribution in [3.05, 3.63) is 28.5 Å². The summed E-state index contributed by atoms with van der Waals surface area (Å²) in [4.78, 5) is 22.5. The molecule has 0 aliphatic carbocycles. The van der Waals surface area contributed by atoms with Gasteiger partial charge >= 0.3 is 12.0 Å². The zero-order chi connectivity index (χ0) is 14.4. The second-order valence-corrected chi connectivity index (χ2v) is 4.76. The van der Waals surface area contributed by atoms with Crippen molar-refractivity contribution in [2.75, 3.05) is 5.32 Å². The van der Waals surface area contributed by atoms with Crippen molar-refractivity contribution in [3.8, 4) is 0 Å². The first kappa shape index (κ1) is 15.4. The molecule has 0 aliphatic heterocycles. The quantitative estimate of drug-likeness (QED) is 0.775. The maximum Gasteiger partial charge on any atom is 0.326 e. The van der Waals surface area contributed by atoms with E-state index in [1.807, 2.05) is 6.92 Å². The van der Waals surface area contributed by atoms with E-state index >= 15 is 0 Å². The van der Waals surface area contributed by atoms with Crippen LogP contribution in [-0.2, 0) is 4.79 Å². The first-order valence-electron chi connectivity index (χ1n) is 5.69. The third-order valence-corrected chi connectivity index (χ3v) is 3.02. The van der Waals surface area contributed by atoms with Gasteiger partial charge in [0.25, 0.3) is 0 Å². The van der Waals surface area contributed by atoms with E-state index in [-0.39, 0.29) is 0 Å². The average Bonchev–Trinajstić information content (AvgIpc) is 2.32. The molecule has 0 radical (unpaired) electrons. The van der Waals surface area contributed by atoms with Gasteiger partial charge in [0.15, 0.2) is 0 Å². The van der Waals surface area contributed by atoms with Crippen LogP contribution in [0.15, 0.2) is 22.7 Å². The minimum absolute atomic E-state index is 0.341. The van der Waals surface area contributed by atoms with Crippen LogP contribution in [0.3, 0.4) is 0 Å². The number of carboxylic acids is 1. The molecule has 104 valence electrons. The topological polar surface area (TPSA) is 78.4 Å². The number of carboxylic acid groups (broad SMARTS) is 1. The summed E-state index contributed by atoms with van der Waals surface area (Å²) in [5.41, 5.74) is 0.361. The Balaban J connectivity index is 2.66. The van der Waals surface area contributed by atoms with Gasteiger partial charge in [0.05, 0.1) is 5.69 Å². The van der Waals surface area contributed by atoms with Gasteiger partial charge in [-0.25, -0.2) is 14.0 Å². The van der Waals surface area contributed by atoms with Crippen LogP contribution < -0.4 is 10.6 Å². The van der Waals surface area contributed by atoms with Crippen molar-refractivity contribution in [3.63, 3.8) is 0 Å². The summed E-state index contributed by atoms with van der Waals surface area (Å²) in [6.07, 6.45) is 0.977. The molecule has 0 spiro atoms. The van der Waals surface area contributed by atoms with Crippen molar-refractivity contribution < 1.29 is 19.1 Å². The molecule has 0 aromatic heterocycles. The van der Waals surface area contributed by atoms with Gasteiger partial charge in [-0.15, -0.1) is 0 Å². The van der Waals surface area contributed by atoms with E-state index in [1.54, 1.807) is 0 Å². The van der Waals surface area contributed by atoms with Gasteiger partial charge in [0, 0.05) is 4.47 Å². The van der Waals surface area contributed by atoms with Crippen molar-refractivity contribution in [1.29, 1.82) is 0 Å². The SMILES string of the molecule is CCC[C@@H](NC(=O)Nc1ccc(F)cc1Br)C(=O)O. The molecule has 1 aromatic carbocycles. The van der Waals surface area contributed by atoms with Gasteiger partial charge in [0.1, 0.15) is 11.9 Å². The minimum atomic E-state index is -1.09. The largest absolute Gasteiger partial charge is 0.480 e. The summed E-state index contributed by atoms with van der Waals surface area (Å²) in [6.45, 7) is 1.83. The van der Waals surface area contributed by atoms with E-state index in [2.05, 4.69) is 26.6 Å². The third kappa shape index (κ3) is 4.86. The summed E-state index contributed by atoms with van der Waals surface area (Å²) < 4.78 is 13.2. The summed E-state index contributed by atoms with van der Waals surface area (Å²) in [7, 11) is 0. The first-order valence-corrected chi connectivity index (χ1v) is 6.48. The second-order valence-electron chi connectivity index (χ2n) is 3.90. The van der Waals surface area contributed by atoms with Crippen molar-refractivity contribution >= 4 is 33.6 Å². The fraction of sp³-hybridized carbons (Fsp3) is 0.333. The van der Waals surface area contributed by atoms with Crippen LogP contribution in [0.5, 0.6) is 0 Å². The van der Waals surface area contributed by atoms with Gasteiger partial charge in [-0.05, 0) is 40.5 Å². The highest BCUT2D eigenvalue weighted by Crippen LogP contribution is 2.22. The molecular weight excluding hydrogens is 319 g/mol. The van der Waals surface area contributed by atoms with E-state index < -0.39 is 23.9 Å². The number of benzene rings is 1. The van der Waals surface area contributed by atoms with Crippen LogP contribution in [0.2, 0.25) is 0 Å². The monoisotopic (exact) mass is 332 g/mol. The van der Waals surface area contributed by atoms with E-state index in [0.29, 0.717) is 23.0 Å². The van der Waals surface area contributed by atoms with E-state index in [9.17, 15) is 14.0 Å². The fourth-order valence-corrected chi connectivity index (χ4v) is 1.90. The van der Waals surface area contributed by atoms with E-state index in [1.165, 1.54) is 18.2 Å². The smallest absolute Gasteiger partial charge is 0.326 e. The Morgan fingerprint density at radius 1 is 1.47 bits per heavy atom. The van der Waals surface area contributed by atoms with Gasteiger partial charge in [-0.2, -0.15) is 0 Å². The number of rotatable bonds is 5. The molecule has 3 N–H and O–H groups in total. The molecule has 19 heavy (non-hydrogen) atoms. The predicted molar refractivity (Wildman–Crippen MR) is 72.6 cm³/mol. The molecule has 0 bridgehead atoms. The number of carbonyl (C=O) groups is 2. The lowest BCUT2D eigenvalue weighted by atomic mass is 10.2. The number of carbonyl (C=O) groups excluding carboxylic acids is 1. The number of aliphatic carboxylic acids is 1. The fourth-order valence-electron chi connectivity index (χ4n) is 1.45. The molecule has 2 amide bonds. The Labute approximate surface area is 118 Å². The normalized spacial score (nSPS) is 11.7. The van der Waals surface area contributed by atoms with Crippen LogP contribution in [-0.4, -0.2) is 23.1 Å². The number of halogens is 2. The zero-order valence-electron chi connectivity index (χ0n) is 10.2. The van der Waals surface area contributed by atoms with Gasteiger partial charge < -0.3 is 15.7 Å². The summed E-state index contributed by atoms with van der Waals surface area (Å²) >= 11 is 3.10. The summed E-state index contributed by atoms with van der Waals surface area (Å²) in [5, 5.41) is 13.7. The molecule has 0 heterocycles. The van der Waals surface area contributed by atoms with Crippen molar-refractivity contribution in [2.24, 2.45) is 0 Å². The molecule has 0 saturated heterocycles. The third-order valence-electron chi connectivity index (χ3n) is 2.36. The molecule has 0 saturated carbocycles. The Bertz CT molecular complexity index is 482. The van der Waals surface area contributed by atoms with Crippen LogP contribution in [0.4, 0.5) is 14.9 Å². The molecule has 0 unspecified atom stereocenters. The van der Waals surface area contributed by atoms with Crippen LogP contribution in [0, 0.1) is 5.82 Å². The number of nitrogens with one attached hydrogen (secondary N) is 2. The standard InChI is InChI=1S/C12H14BrFN2O3/c1-2-3-10(11(17)18)16-12(19)15-9-5-4-7(14)6-8(9)13/h4-6,10H,2-3H2,1H3,(H,17,18)(H2,15,16,19)/t10-/m1/s1. The Morgan fingerprint density at radius 2 is 2.16 bits per heavy atom. The van der Waals surface area contributed by atoms with Gasteiger partial charge in [-0.3, -0.25) is 0 Å². The lowest BCUT2D eigenvalue weighted by Crippen LogP contribution is -2.42. The Morgan fingerprint density at radius 3 is 2.68 bits per heavy atom. The number of amides is 2. The molecule has 0 fully saturated rings. The lowest BCUT2D eigenvalue weighted by Gasteiger charge is -2.14. The van der Waals surface area contributed by atoms with Crippen LogP contribution in [0.25, 0.3) is 0 Å². The molecular formula is C12H14BrFN2O3. The number of urea groups is 1. The molecule has 7 heteroatoms. The first-order chi connectivity index (χ1) is 8.93. The lowest BCUT2D eigenvalue weighted by molar-refractivity contribution is -0.139. The molecule has 1 atom stereocenters.